The molecule has 0 fully saturated rings. The second kappa shape index (κ2) is 7.48. The number of rotatable bonds is 6. The Morgan fingerprint density at radius 2 is 1.74 bits per heavy atom. The summed E-state index contributed by atoms with van der Waals surface area (Å²) >= 11 is 0. The molecular formula is C15H14F2N2O4. The Morgan fingerprint density at radius 1 is 1.13 bits per heavy atom. The Balaban J connectivity index is 1.83. The molecule has 122 valence electrons. The zero-order chi connectivity index (χ0) is 16.8. The summed E-state index contributed by atoms with van der Waals surface area (Å²) in [5, 5.41) is 3.51. The van der Waals surface area contributed by atoms with Crippen molar-refractivity contribution in [2.24, 2.45) is 7.05 Å². The highest BCUT2D eigenvalue weighted by atomic mass is 19.3. The minimum atomic E-state index is -2.88. The molecule has 0 saturated carbocycles. The summed E-state index contributed by atoms with van der Waals surface area (Å²) in [5.74, 6) is -1.50. The highest BCUT2D eigenvalue weighted by molar-refractivity contribution is 5.90. The number of hydrogen-bond acceptors (Lipinski definition) is 5. The smallest absolute Gasteiger partial charge is 0.341 e. The van der Waals surface area contributed by atoms with Gasteiger partial charge in [0.15, 0.2) is 0 Å². The lowest BCUT2D eigenvalue weighted by atomic mass is 10.2. The first-order valence-corrected chi connectivity index (χ1v) is 6.70. The number of alkyl halides is 2. The molecule has 0 radical (unpaired) electrons. The van der Waals surface area contributed by atoms with Crippen LogP contribution in [0.2, 0.25) is 0 Å². The number of hydrogen-bond donors (Lipinski definition) is 0. The van der Waals surface area contributed by atoms with Crippen molar-refractivity contribution < 1.29 is 27.8 Å². The molecule has 6 nitrogen and oxygen atoms in total. The van der Waals surface area contributed by atoms with Crippen LogP contribution in [0.1, 0.15) is 32.8 Å². The molecule has 1 aromatic heterocycles. The lowest BCUT2D eigenvalue weighted by molar-refractivity contribution is 0.0261. The fraction of sp³-hybridized carbons (Fsp3) is 0.267. The second-order valence-electron chi connectivity index (χ2n) is 4.54. The molecule has 0 aliphatic carbocycles. The summed E-state index contributed by atoms with van der Waals surface area (Å²) in [6.07, 6.45) is -1.73. The number of nitrogens with zero attached hydrogens (tertiary/aromatic N) is 2. The predicted molar refractivity (Wildman–Crippen MR) is 75.2 cm³/mol. The van der Waals surface area contributed by atoms with Crippen LogP contribution in [0, 0.1) is 0 Å². The molecule has 0 N–H and O–H groups in total. The normalized spacial score (nSPS) is 10.6. The number of carbonyl (C=O) groups excluding carboxylic acids is 2. The molecule has 0 amide bonds. The highest BCUT2D eigenvalue weighted by Crippen LogP contribution is 2.21. The summed E-state index contributed by atoms with van der Waals surface area (Å²) in [5.41, 5.74) is -0.582. The SMILES string of the molecule is Cn1cc(C(=O)OCCOC(=O)c2ccccc2)c(C(F)F)n1. The third-order valence-corrected chi connectivity index (χ3v) is 2.84. The van der Waals surface area contributed by atoms with Gasteiger partial charge in [0.2, 0.25) is 0 Å². The topological polar surface area (TPSA) is 70.4 Å². The molecule has 8 heteroatoms. The van der Waals surface area contributed by atoms with Gasteiger partial charge < -0.3 is 9.47 Å². The summed E-state index contributed by atoms with van der Waals surface area (Å²) in [6, 6.07) is 8.29. The first-order chi connectivity index (χ1) is 11.0. The molecule has 2 rings (SSSR count). The van der Waals surface area contributed by atoms with Gasteiger partial charge in [-0.25, -0.2) is 18.4 Å². The third kappa shape index (κ3) is 4.35. The Labute approximate surface area is 130 Å². The number of esters is 2. The van der Waals surface area contributed by atoms with Crippen molar-refractivity contribution in [3.05, 3.63) is 53.3 Å². The van der Waals surface area contributed by atoms with Crippen LogP contribution in [0.4, 0.5) is 8.78 Å². The standard InChI is InChI=1S/C15H14F2N2O4/c1-19-9-11(12(18-19)13(16)17)15(21)23-8-7-22-14(20)10-5-3-2-4-6-10/h2-6,9,13H,7-8H2,1H3. The number of halogens is 2. The third-order valence-electron chi connectivity index (χ3n) is 2.84. The van der Waals surface area contributed by atoms with E-state index < -0.39 is 24.1 Å². The van der Waals surface area contributed by atoms with Crippen LogP contribution in [-0.2, 0) is 16.5 Å². The number of aromatic nitrogens is 2. The molecule has 0 bridgehead atoms. The molecule has 0 atom stereocenters. The van der Waals surface area contributed by atoms with Crippen LogP contribution in [0.3, 0.4) is 0 Å². The van der Waals surface area contributed by atoms with Crippen molar-refractivity contribution in [3.63, 3.8) is 0 Å². The molecule has 1 heterocycles. The Hall–Kier alpha value is -2.77. The average Bonchev–Trinajstić information content (AvgIpc) is 2.94. The molecule has 0 aliphatic heterocycles. The summed E-state index contributed by atoms with van der Waals surface area (Å²) in [7, 11) is 1.42. The van der Waals surface area contributed by atoms with Gasteiger partial charge in [-0.05, 0) is 12.1 Å². The van der Waals surface area contributed by atoms with Gasteiger partial charge in [0.05, 0.1) is 5.56 Å². The minimum Gasteiger partial charge on any atom is -0.458 e. The van der Waals surface area contributed by atoms with E-state index in [-0.39, 0.29) is 18.8 Å². The van der Waals surface area contributed by atoms with E-state index in [4.69, 9.17) is 9.47 Å². The molecule has 23 heavy (non-hydrogen) atoms. The van der Waals surface area contributed by atoms with Gasteiger partial charge in [-0.3, -0.25) is 4.68 Å². The lowest BCUT2D eigenvalue weighted by Crippen LogP contribution is -2.14. The fourth-order valence-corrected chi connectivity index (χ4v) is 1.83. The maximum atomic E-state index is 12.7. The maximum absolute atomic E-state index is 12.7. The van der Waals surface area contributed by atoms with Crippen LogP contribution in [0.15, 0.2) is 36.5 Å². The van der Waals surface area contributed by atoms with Gasteiger partial charge in [0.25, 0.3) is 6.43 Å². The van der Waals surface area contributed by atoms with Gasteiger partial charge in [-0.2, -0.15) is 5.10 Å². The summed E-state index contributed by atoms with van der Waals surface area (Å²) in [6.45, 7) is -0.418. The molecule has 2 aromatic rings. The second-order valence-corrected chi connectivity index (χ2v) is 4.54. The maximum Gasteiger partial charge on any atom is 0.341 e. The van der Waals surface area contributed by atoms with E-state index >= 15 is 0 Å². The molecule has 0 unspecified atom stereocenters. The van der Waals surface area contributed by atoms with E-state index in [1.807, 2.05) is 0 Å². The number of benzene rings is 1. The molecule has 0 saturated heterocycles. The number of ether oxygens (including phenoxy) is 2. The van der Waals surface area contributed by atoms with Crippen molar-refractivity contribution in [1.82, 2.24) is 9.78 Å². The van der Waals surface area contributed by atoms with E-state index in [1.54, 1.807) is 30.3 Å². The summed E-state index contributed by atoms with van der Waals surface area (Å²) in [4.78, 5) is 23.4. The Bertz CT molecular complexity index is 686. The van der Waals surface area contributed by atoms with Crippen LogP contribution >= 0.6 is 0 Å². The van der Waals surface area contributed by atoms with Crippen LogP contribution in [0.25, 0.3) is 0 Å². The fourth-order valence-electron chi connectivity index (χ4n) is 1.83. The van der Waals surface area contributed by atoms with Crippen molar-refractivity contribution in [2.75, 3.05) is 13.2 Å². The van der Waals surface area contributed by atoms with Crippen molar-refractivity contribution >= 4 is 11.9 Å². The molecule has 1 aromatic carbocycles. The zero-order valence-corrected chi connectivity index (χ0v) is 12.2. The van der Waals surface area contributed by atoms with Crippen molar-refractivity contribution in [1.29, 1.82) is 0 Å². The van der Waals surface area contributed by atoms with Gasteiger partial charge >= 0.3 is 11.9 Å². The largest absolute Gasteiger partial charge is 0.458 e. The monoisotopic (exact) mass is 324 g/mol. The van der Waals surface area contributed by atoms with Gasteiger partial charge in [0, 0.05) is 13.2 Å². The van der Waals surface area contributed by atoms with Crippen molar-refractivity contribution in [3.8, 4) is 0 Å². The molecule has 0 spiro atoms. The van der Waals surface area contributed by atoms with E-state index in [0.717, 1.165) is 10.9 Å². The molecular weight excluding hydrogens is 310 g/mol. The van der Waals surface area contributed by atoms with Crippen LogP contribution in [-0.4, -0.2) is 34.9 Å². The number of aryl methyl sites for hydroxylation is 1. The molecule has 0 aliphatic rings. The summed E-state index contributed by atoms with van der Waals surface area (Å²) < 4.78 is 36.3. The van der Waals surface area contributed by atoms with Crippen molar-refractivity contribution in [2.45, 2.75) is 6.43 Å². The van der Waals surface area contributed by atoms with E-state index in [9.17, 15) is 18.4 Å². The van der Waals surface area contributed by atoms with Crippen LogP contribution < -0.4 is 0 Å². The van der Waals surface area contributed by atoms with Crippen LogP contribution in [0.5, 0.6) is 0 Å². The van der Waals surface area contributed by atoms with E-state index in [2.05, 4.69) is 5.10 Å². The van der Waals surface area contributed by atoms with Gasteiger partial charge in [-0.15, -0.1) is 0 Å². The lowest BCUT2D eigenvalue weighted by Gasteiger charge is -2.06. The zero-order valence-electron chi connectivity index (χ0n) is 12.2. The minimum absolute atomic E-state index is 0.177. The highest BCUT2D eigenvalue weighted by Gasteiger charge is 2.23. The van der Waals surface area contributed by atoms with E-state index in [1.165, 1.54) is 7.05 Å². The first-order valence-electron chi connectivity index (χ1n) is 6.70. The van der Waals surface area contributed by atoms with Gasteiger partial charge in [-0.1, -0.05) is 18.2 Å². The quantitative estimate of drug-likeness (QED) is 0.603. The average molecular weight is 324 g/mol. The van der Waals surface area contributed by atoms with E-state index in [0.29, 0.717) is 5.56 Å². The Morgan fingerprint density at radius 3 is 2.35 bits per heavy atom. The predicted octanol–water partition coefficient (Wildman–Crippen LogP) is 2.37. The Kier molecular flexibility index (Phi) is 5.40. The first kappa shape index (κ1) is 16.6. The van der Waals surface area contributed by atoms with Gasteiger partial charge in [0.1, 0.15) is 24.5 Å². The number of carbonyl (C=O) groups is 2.